The summed E-state index contributed by atoms with van der Waals surface area (Å²) in [4.78, 5) is 0. The fourth-order valence-electron chi connectivity index (χ4n) is 1.70. The molecule has 0 fully saturated rings. The van der Waals surface area contributed by atoms with Crippen molar-refractivity contribution in [3.05, 3.63) is 18.2 Å². The molecule has 0 saturated heterocycles. The summed E-state index contributed by atoms with van der Waals surface area (Å²) in [5.74, 6) is 2.31. The topological polar surface area (TPSA) is 47.9 Å². The maximum absolute atomic E-state index is 9.10. The van der Waals surface area contributed by atoms with Gasteiger partial charge in [-0.25, -0.2) is 0 Å². The molecule has 4 nitrogen and oxygen atoms in total. The SMILES string of the molecule is CC(O)CCCCOc1ccc2c(c1)OCO2. The number of aliphatic hydroxyl groups is 1. The number of ether oxygens (including phenoxy) is 3. The highest BCUT2D eigenvalue weighted by molar-refractivity contribution is 5.46. The average molecular weight is 238 g/mol. The molecule has 1 atom stereocenters. The van der Waals surface area contributed by atoms with Gasteiger partial charge < -0.3 is 19.3 Å². The third-order valence-electron chi connectivity index (χ3n) is 2.63. The fourth-order valence-corrected chi connectivity index (χ4v) is 1.70. The number of fused-ring (bicyclic) bond motifs is 1. The zero-order valence-electron chi connectivity index (χ0n) is 10.0. The van der Waals surface area contributed by atoms with E-state index in [0.29, 0.717) is 6.61 Å². The van der Waals surface area contributed by atoms with Gasteiger partial charge in [-0.3, -0.25) is 0 Å². The number of aliphatic hydroxyl groups excluding tert-OH is 1. The van der Waals surface area contributed by atoms with Crippen LogP contribution in [0.2, 0.25) is 0 Å². The lowest BCUT2D eigenvalue weighted by Crippen LogP contribution is -2.02. The molecule has 0 aliphatic carbocycles. The van der Waals surface area contributed by atoms with Crippen LogP contribution in [0.4, 0.5) is 0 Å². The van der Waals surface area contributed by atoms with Crippen LogP contribution in [0.15, 0.2) is 18.2 Å². The summed E-state index contributed by atoms with van der Waals surface area (Å²) < 4.78 is 16.1. The van der Waals surface area contributed by atoms with Gasteiger partial charge in [-0.1, -0.05) is 0 Å². The Morgan fingerprint density at radius 3 is 2.94 bits per heavy atom. The molecule has 1 aromatic carbocycles. The van der Waals surface area contributed by atoms with E-state index < -0.39 is 0 Å². The minimum absolute atomic E-state index is 0.222. The highest BCUT2D eigenvalue weighted by Gasteiger charge is 2.13. The Morgan fingerprint density at radius 1 is 1.29 bits per heavy atom. The second kappa shape index (κ2) is 5.77. The largest absolute Gasteiger partial charge is 0.493 e. The van der Waals surface area contributed by atoms with Crippen LogP contribution in [-0.2, 0) is 0 Å². The summed E-state index contributed by atoms with van der Waals surface area (Å²) in [6.45, 7) is 2.75. The first-order valence-corrected chi connectivity index (χ1v) is 5.96. The Balaban J connectivity index is 1.72. The van der Waals surface area contributed by atoms with Crippen LogP contribution in [0.25, 0.3) is 0 Å². The number of hydrogen-bond acceptors (Lipinski definition) is 4. The Morgan fingerprint density at radius 2 is 2.12 bits per heavy atom. The highest BCUT2D eigenvalue weighted by Crippen LogP contribution is 2.35. The predicted octanol–water partition coefficient (Wildman–Crippen LogP) is 2.35. The monoisotopic (exact) mass is 238 g/mol. The van der Waals surface area contributed by atoms with Gasteiger partial charge in [0.2, 0.25) is 6.79 Å². The first kappa shape index (κ1) is 12.0. The van der Waals surface area contributed by atoms with E-state index in [1.807, 2.05) is 18.2 Å². The summed E-state index contributed by atoms with van der Waals surface area (Å²) in [5.41, 5.74) is 0. The van der Waals surface area contributed by atoms with E-state index in [1.54, 1.807) is 6.92 Å². The molecule has 0 saturated carbocycles. The zero-order chi connectivity index (χ0) is 12.1. The zero-order valence-corrected chi connectivity index (χ0v) is 10.0. The number of benzene rings is 1. The molecule has 1 heterocycles. The van der Waals surface area contributed by atoms with E-state index in [1.165, 1.54) is 0 Å². The molecule has 1 unspecified atom stereocenters. The molecule has 1 aromatic rings. The molecule has 0 spiro atoms. The summed E-state index contributed by atoms with van der Waals surface area (Å²) in [5, 5.41) is 9.10. The maximum atomic E-state index is 9.10. The predicted molar refractivity (Wildman–Crippen MR) is 63.6 cm³/mol. The van der Waals surface area contributed by atoms with Crippen molar-refractivity contribution in [2.75, 3.05) is 13.4 Å². The normalized spacial score (nSPS) is 14.7. The molecule has 1 N–H and O–H groups in total. The van der Waals surface area contributed by atoms with E-state index in [9.17, 15) is 0 Å². The first-order valence-electron chi connectivity index (χ1n) is 5.96. The van der Waals surface area contributed by atoms with Crippen molar-refractivity contribution in [3.63, 3.8) is 0 Å². The summed E-state index contributed by atoms with van der Waals surface area (Å²) >= 11 is 0. The lowest BCUT2D eigenvalue weighted by Gasteiger charge is -2.07. The Hall–Kier alpha value is -1.42. The third-order valence-corrected chi connectivity index (χ3v) is 2.63. The summed E-state index contributed by atoms with van der Waals surface area (Å²) in [6, 6.07) is 5.58. The third kappa shape index (κ3) is 3.53. The average Bonchev–Trinajstić information content (AvgIpc) is 2.75. The van der Waals surface area contributed by atoms with Gasteiger partial charge in [-0.2, -0.15) is 0 Å². The quantitative estimate of drug-likeness (QED) is 0.773. The van der Waals surface area contributed by atoms with Crippen LogP contribution in [0, 0.1) is 0 Å². The summed E-state index contributed by atoms with van der Waals surface area (Å²) in [6.07, 6.45) is 2.52. The van der Waals surface area contributed by atoms with Crippen LogP contribution in [0.3, 0.4) is 0 Å². The van der Waals surface area contributed by atoms with Crippen LogP contribution in [-0.4, -0.2) is 24.6 Å². The molecular formula is C13H18O4. The van der Waals surface area contributed by atoms with E-state index >= 15 is 0 Å². The van der Waals surface area contributed by atoms with E-state index in [0.717, 1.165) is 36.5 Å². The number of rotatable bonds is 6. The lowest BCUT2D eigenvalue weighted by atomic mass is 10.2. The van der Waals surface area contributed by atoms with Crippen LogP contribution in [0.5, 0.6) is 17.2 Å². The molecule has 1 aliphatic rings. The van der Waals surface area contributed by atoms with Gasteiger partial charge in [0.1, 0.15) is 5.75 Å². The number of unbranched alkanes of at least 4 members (excludes halogenated alkanes) is 1. The maximum Gasteiger partial charge on any atom is 0.231 e. The van der Waals surface area contributed by atoms with Crippen LogP contribution in [0.1, 0.15) is 26.2 Å². The van der Waals surface area contributed by atoms with Crippen molar-refractivity contribution in [3.8, 4) is 17.2 Å². The molecule has 0 bridgehead atoms. The molecule has 94 valence electrons. The van der Waals surface area contributed by atoms with Gasteiger partial charge in [0.15, 0.2) is 11.5 Å². The van der Waals surface area contributed by atoms with Crippen molar-refractivity contribution >= 4 is 0 Å². The highest BCUT2D eigenvalue weighted by atomic mass is 16.7. The standard InChI is InChI=1S/C13H18O4/c1-10(14)4-2-3-7-15-11-5-6-12-13(8-11)17-9-16-12/h5-6,8,10,14H,2-4,7,9H2,1H3. The minimum Gasteiger partial charge on any atom is -0.493 e. The van der Waals surface area contributed by atoms with Crippen molar-refractivity contribution in [2.24, 2.45) is 0 Å². The van der Waals surface area contributed by atoms with Gasteiger partial charge in [-0.05, 0) is 38.3 Å². The number of hydrogen-bond donors (Lipinski definition) is 1. The van der Waals surface area contributed by atoms with E-state index in [-0.39, 0.29) is 12.9 Å². The van der Waals surface area contributed by atoms with Gasteiger partial charge in [-0.15, -0.1) is 0 Å². The van der Waals surface area contributed by atoms with Gasteiger partial charge in [0.25, 0.3) is 0 Å². The second-order valence-electron chi connectivity index (χ2n) is 4.21. The van der Waals surface area contributed by atoms with Gasteiger partial charge in [0, 0.05) is 6.07 Å². The fraction of sp³-hybridized carbons (Fsp3) is 0.538. The molecule has 17 heavy (non-hydrogen) atoms. The molecule has 0 aromatic heterocycles. The lowest BCUT2D eigenvalue weighted by molar-refractivity contribution is 0.173. The van der Waals surface area contributed by atoms with Crippen LogP contribution >= 0.6 is 0 Å². The van der Waals surface area contributed by atoms with Crippen LogP contribution < -0.4 is 14.2 Å². The van der Waals surface area contributed by atoms with Gasteiger partial charge in [0.05, 0.1) is 12.7 Å². The molecule has 0 amide bonds. The minimum atomic E-state index is -0.222. The Kier molecular flexibility index (Phi) is 4.09. The van der Waals surface area contributed by atoms with Gasteiger partial charge >= 0.3 is 0 Å². The second-order valence-corrected chi connectivity index (χ2v) is 4.21. The van der Waals surface area contributed by atoms with E-state index in [2.05, 4.69) is 0 Å². The molecule has 1 aliphatic heterocycles. The Labute approximate surface area is 101 Å². The summed E-state index contributed by atoms with van der Waals surface area (Å²) in [7, 11) is 0. The van der Waals surface area contributed by atoms with Crippen molar-refractivity contribution in [1.29, 1.82) is 0 Å². The molecule has 4 heteroatoms. The van der Waals surface area contributed by atoms with Crippen molar-refractivity contribution in [1.82, 2.24) is 0 Å². The van der Waals surface area contributed by atoms with Crippen molar-refractivity contribution < 1.29 is 19.3 Å². The molecule has 0 radical (unpaired) electrons. The molecular weight excluding hydrogens is 220 g/mol. The van der Waals surface area contributed by atoms with E-state index in [4.69, 9.17) is 19.3 Å². The smallest absolute Gasteiger partial charge is 0.231 e. The molecule has 2 rings (SSSR count). The van der Waals surface area contributed by atoms with Crippen molar-refractivity contribution in [2.45, 2.75) is 32.3 Å². The first-order chi connectivity index (χ1) is 8.25. The Bertz CT molecular complexity index is 362.